The van der Waals surface area contributed by atoms with E-state index in [1.807, 2.05) is 43.4 Å². The van der Waals surface area contributed by atoms with Crippen LogP contribution in [0.1, 0.15) is 6.42 Å². The van der Waals surface area contributed by atoms with Crippen LogP contribution >= 0.6 is 0 Å². The van der Waals surface area contributed by atoms with Crippen molar-refractivity contribution in [2.24, 2.45) is 5.92 Å². The van der Waals surface area contributed by atoms with Gasteiger partial charge in [0.05, 0.1) is 13.2 Å². The zero-order chi connectivity index (χ0) is 14.5. The van der Waals surface area contributed by atoms with Crippen molar-refractivity contribution in [1.82, 2.24) is 9.97 Å². The zero-order valence-electron chi connectivity index (χ0n) is 12.1. The summed E-state index contributed by atoms with van der Waals surface area (Å²) >= 11 is 0. The molecule has 0 saturated carbocycles. The fourth-order valence-corrected chi connectivity index (χ4v) is 2.26. The van der Waals surface area contributed by atoms with Crippen molar-refractivity contribution in [1.29, 1.82) is 0 Å². The molecular weight excluding hydrogens is 266 g/mol. The number of hydrogen-bond donors (Lipinski definition) is 1. The van der Waals surface area contributed by atoms with Crippen molar-refractivity contribution in [2.75, 3.05) is 32.2 Å². The zero-order valence-corrected chi connectivity index (χ0v) is 12.1. The average molecular weight is 285 g/mol. The molecular formula is C16H19N3O2. The Kier molecular flexibility index (Phi) is 4.31. The highest BCUT2D eigenvalue weighted by atomic mass is 16.5. The van der Waals surface area contributed by atoms with Gasteiger partial charge in [-0.1, -0.05) is 30.3 Å². The fraction of sp³-hybridized carbons (Fsp3) is 0.375. The van der Waals surface area contributed by atoms with Crippen molar-refractivity contribution >= 4 is 5.82 Å². The minimum absolute atomic E-state index is 0.457. The number of aromatic nitrogens is 2. The molecule has 1 atom stereocenters. The first-order valence-electron chi connectivity index (χ1n) is 7.18. The third kappa shape index (κ3) is 3.49. The predicted molar refractivity (Wildman–Crippen MR) is 81.4 cm³/mol. The van der Waals surface area contributed by atoms with Crippen LogP contribution in [-0.4, -0.2) is 36.8 Å². The lowest BCUT2D eigenvalue weighted by molar-refractivity contribution is 0.165. The van der Waals surface area contributed by atoms with Gasteiger partial charge in [0.2, 0.25) is 5.88 Å². The van der Waals surface area contributed by atoms with E-state index in [1.165, 1.54) is 0 Å². The highest BCUT2D eigenvalue weighted by Gasteiger charge is 2.17. The maximum absolute atomic E-state index is 5.82. The number of anilines is 1. The molecule has 1 N–H and O–H groups in total. The van der Waals surface area contributed by atoms with Gasteiger partial charge in [0.1, 0.15) is 5.82 Å². The molecule has 0 bridgehead atoms. The molecule has 2 heterocycles. The first-order valence-corrected chi connectivity index (χ1v) is 7.18. The monoisotopic (exact) mass is 285 g/mol. The van der Waals surface area contributed by atoms with Crippen LogP contribution in [0.25, 0.3) is 11.4 Å². The predicted octanol–water partition coefficient (Wildman–Crippen LogP) is 2.60. The normalized spacial score (nSPS) is 17.7. The van der Waals surface area contributed by atoms with Gasteiger partial charge in [0.25, 0.3) is 0 Å². The summed E-state index contributed by atoms with van der Waals surface area (Å²) in [6, 6.07) is 11.7. The molecule has 1 aliphatic rings. The second-order valence-corrected chi connectivity index (χ2v) is 5.07. The van der Waals surface area contributed by atoms with E-state index in [4.69, 9.17) is 9.47 Å². The van der Waals surface area contributed by atoms with Gasteiger partial charge in [-0.15, -0.1) is 0 Å². The van der Waals surface area contributed by atoms with Crippen molar-refractivity contribution in [3.05, 3.63) is 36.4 Å². The minimum Gasteiger partial charge on any atom is -0.477 e. The second-order valence-electron chi connectivity index (χ2n) is 5.07. The van der Waals surface area contributed by atoms with Gasteiger partial charge in [-0.25, -0.2) is 4.98 Å². The lowest BCUT2D eigenvalue weighted by Crippen LogP contribution is -2.13. The summed E-state index contributed by atoms with van der Waals surface area (Å²) in [5.41, 5.74) is 0.976. The summed E-state index contributed by atoms with van der Waals surface area (Å²) in [6.45, 7) is 2.23. The molecule has 1 unspecified atom stereocenters. The molecule has 5 nitrogen and oxygen atoms in total. The summed E-state index contributed by atoms with van der Waals surface area (Å²) in [7, 11) is 1.84. The van der Waals surface area contributed by atoms with Gasteiger partial charge in [0, 0.05) is 31.2 Å². The Balaban J connectivity index is 1.79. The van der Waals surface area contributed by atoms with Crippen LogP contribution in [0.15, 0.2) is 36.4 Å². The molecule has 3 rings (SSSR count). The van der Waals surface area contributed by atoms with Gasteiger partial charge in [-0.3, -0.25) is 0 Å². The van der Waals surface area contributed by atoms with Gasteiger partial charge in [-0.2, -0.15) is 4.98 Å². The average Bonchev–Trinajstić information content (AvgIpc) is 3.07. The standard InChI is InChI=1S/C16H19N3O2/c1-17-14-9-15(21-11-12-7-8-20-10-12)19-16(18-14)13-5-3-2-4-6-13/h2-6,9,12H,7-8,10-11H2,1H3,(H,17,18,19). The SMILES string of the molecule is CNc1cc(OCC2CCOC2)nc(-c2ccccc2)n1. The Hall–Kier alpha value is -2.14. The summed E-state index contributed by atoms with van der Waals surface area (Å²) in [5, 5.41) is 3.05. The molecule has 2 aromatic rings. The third-order valence-electron chi connectivity index (χ3n) is 3.48. The van der Waals surface area contributed by atoms with Crippen LogP contribution in [0.5, 0.6) is 5.88 Å². The Morgan fingerprint density at radius 3 is 2.86 bits per heavy atom. The van der Waals surface area contributed by atoms with E-state index in [2.05, 4.69) is 15.3 Å². The number of benzene rings is 1. The van der Waals surface area contributed by atoms with Crippen molar-refractivity contribution in [3.63, 3.8) is 0 Å². The fourth-order valence-electron chi connectivity index (χ4n) is 2.26. The topological polar surface area (TPSA) is 56.3 Å². The van der Waals surface area contributed by atoms with Crippen molar-refractivity contribution in [3.8, 4) is 17.3 Å². The first-order chi connectivity index (χ1) is 10.3. The number of hydrogen-bond acceptors (Lipinski definition) is 5. The van der Waals surface area contributed by atoms with Gasteiger partial charge < -0.3 is 14.8 Å². The molecule has 0 amide bonds. The van der Waals surface area contributed by atoms with Crippen molar-refractivity contribution < 1.29 is 9.47 Å². The lowest BCUT2D eigenvalue weighted by atomic mass is 10.1. The smallest absolute Gasteiger partial charge is 0.219 e. The molecule has 1 fully saturated rings. The maximum atomic E-state index is 5.82. The summed E-state index contributed by atoms with van der Waals surface area (Å²) in [5.74, 6) is 2.47. The summed E-state index contributed by atoms with van der Waals surface area (Å²) in [4.78, 5) is 8.97. The Bertz CT molecular complexity index is 583. The highest BCUT2D eigenvalue weighted by Crippen LogP contribution is 2.22. The van der Waals surface area contributed by atoms with Crippen LogP contribution in [0.3, 0.4) is 0 Å². The molecule has 0 spiro atoms. The number of nitrogens with zero attached hydrogens (tertiary/aromatic N) is 2. The number of ether oxygens (including phenoxy) is 2. The highest BCUT2D eigenvalue weighted by molar-refractivity contribution is 5.58. The van der Waals surface area contributed by atoms with E-state index in [9.17, 15) is 0 Å². The van der Waals surface area contributed by atoms with Gasteiger partial charge >= 0.3 is 0 Å². The molecule has 1 aliphatic heterocycles. The number of nitrogens with one attached hydrogen (secondary N) is 1. The molecule has 1 aromatic carbocycles. The molecule has 5 heteroatoms. The largest absolute Gasteiger partial charge is 0.477 e. The quantitative estimate of drug-likeness (QED) is 0.915. The molecule has 21 heavy (non-hydrogen) atoms. The van der Waals surface area contributed by atoms with E-state index in [-0.39, 0.29) is 0 Å². The Morgan fingerprint density at radius 1 is 1.29 bits per heavy atom. The molecule has 0 radical (unpaired) electrons. The van der Waals surface area contributed by atoms with Crippen LogP contribution in [0, 0.1) is 5.92 Å². The van der Waals surface area contributed by atoms with Gasteiger partial charge in [0.15, 0.2) is 5.82 Å². The Morgan fingerprint density at radius 2 is 2.14 bits per heavy atom. The Labute approximate surface area is 124 Å². The van der Waals surface area contributed by atoms with E-state index in [1.54, 1.807) is 0 Å². The second kappa shape index (κ2) is 6.54. The van der Waals surface area contributed by atoms with Gasteiger partial charge in [-0.05, 0) is 6.42 Å². The van der Waals surface area contributed by atoms with Crippen molar-refractivity contribution in [2.45, 2.75) is 6.42 Å². The lowest BCUT2D eigenvalue weighted by Gasteiger charge is -2.12. The molecule has 110 valence electrons. The van der Waals surface area contributed by atoms with E-state index >= 15 is 0 Å². The van der Waals surface area contributed by atoms with E-state index in [0.29, 0.717) is 24.2 Å². The first kappa shape index (κ1) is 13.8. The maximum Gasteiger partial charge on any atom is 0.219 e. The van der Waals surface area contributed by atoms with E-state index in [0.717, 1.165) is 31.0 Å². The summed E-state index contributed by atoms with van der Waals surface area (Å²) < 4.78 is 11.2. The summed E-state index contributed by atoms with van der Waals surface area (Å²) in [6.07, 6.45) is 1.05. The molecule has 0 aliphatic carbocycles. The van der Waals surface area contributed by atoms with Crippen LogP contribution in [0.4, 0.5) is 5.82 Å². The van der Waals surface area contributed by atoms with Crippen LogP contribution < -0.4 is 10.1 Å². The van der Waals surface area contributed by atoms with E-state index < -0.39 is 0 Å². The van der Waals surface area contributed by atoms with Crippen LogP contribution in [0.2, 0.25) is 0 Å². The van der Waals surface area contributed by atoms with Crippen LogP contribution in [-0.2, 0) is 4.74 Å². The minimum atomic E-state index is 0.457. The molecule has 1 aromatic heterocycles. The third-order valence-corrected chi connectivity index (χ3v) is 3.48. The molecule has 1 saturated heterocycles. The number of rotatable bonds is 5.